The fraction of sp³-hybridized carbons (Fsp3) is 0.512. The molecule has 2 aliphatic rings. The number of phenols is 1. The number of unbranched alkanes of at least 4 members (excludes halogenated alkanes) is 4. The molecule has 2 aromatic rings. The Hall–Kier alpha value is -0.967. The van der Waals surface area contributed by atoms with Gasteiger partial charge in [-0.15, -0.1) is 0 Å². The van der Waals surface area contributed by atoms with Gasteiger partial charge in [0.25, 0.3) is 6.47 Å². The standard InChI is InChI=1S/C21H28O4.C12H22O2.C9H8O3.CH2O3.Cl2OS.2K.H/c1-2-3-4-5-16-6-11-18(12-7-16)21(24)25-19-13-8-17(9-14-19)10-15-20(22)23;1-2-3-4-5-10-6-8-11(9-7-10)12(13)14;10-8-4-1-7(2-5-8)3-6-9(11)12;2-1-4-3;1-4(2)3;;;/h8-10,13-16,18H,2-7,11-12H2,1H3,(H,22,23);10-11H,2-9H2,1H3,(H,13,14);1-6,10H,(H,11,12);1,3H;;;;/q;;;;;2*+1;-1/p-1/b15-10-;;6-3-;;;;;. The number of benzene rings is 2. The van der Waals surface area contributed by atoms with Crippen molar-refractivity contribution in [2.75, 3.05) is 0 Å². The summed E-state index contributed by atoms with van der Waals surface area (Å²) in [5, 5.41) is 43.1. The first-order valence-corrected chi connectivity index (χ1v) is 22.6. The average molecular weight is 966 g/mol. The number of esters is 1. The van der Waals surface area contributed by atoms with Crippen molar-refractivity contribution in [2.24, 2.45) is 23.7 Å². The minimum absolute atomic E-state index is 0. The Morgan fingerprint density at radius 1 is 0.705 bits per heavy atom. The third-order valence-electron chi connectivity index (χ3n) is 9.68. The van der Waals surface area contributed by atoms with Crippen LogP contribution in [0.1, 0.15) is 129 Å². The Labute approximate surface area is 458 Å². The number of rotatable bonds is 16. The molecule has 0 heterocycles. The van der Waals surface area contributed by atoms with Crippen molar-refractivity contribution >= 4 is 73.1 Å². The normalized spacial score (nSPS) is 17.7. The Kier molecular flexibility index (Phi) is 44.0. The van der Waals surface area contributed by atoms with Crippen LogP contribution in [0.25, 0.3) is 12.2 Å². The molecular weight excluding hydrogens is 906 g/mol. The van der Waals surface area contributed by atoms with Gasteiger partial charge in [0.05, 0.1) is 11.8 Å². The second-order valence-corrected chi connectivity index (χ2v) is 16.6. The van der Waals surface area contributed by atoms with E-state index in [-0.39, 0.29) is 134 Å². The van der Waals surface area contributed by atoms with E-state index in [0.717, 1.165) is 86.5 Å². The predicted molar refractivity (Wildman–Crippen MR) is 228 cm³/mol. The number of phenolic OH excluding ortho intramolecular Hbond substituents is 1. The van der Waals surface area contributed by atoms with Crippen LogP contribution in [0, 0.1) is 23.7 Å². The van der Waals surface area contributed by atoms with Gasteiger partial charge in [0.2, 0.25) is 9.23 Å². The summed E-state index contributed by atoms with van der Waals surface area (Å²) in [5.74, 6) is -0.453. The van der Waals surface area contributed by atoms with Gasteiger partial charge in [-0.2, -0.15) is 0 Å². The number of aromatic hydroxyl groups is 1. The minimum Gasteiger partial charge on any atom is -1.00 e. The molecule has 4 rings (SSSR count). The monoisotopic (exact) mass is 964 g/mol. The molecule has 4 N–H and O–H groups in total. The van der Waals surface area contributed by atoms with Crippen LogP contribution in [0.4, 0.5) is 0 Å². The zero-order valence-electron chi connectivity index (χ0n) is 36.8. The zero-order valence-corrected chi connectivity index (χ0v) is 44.3. The number of hydrogen-bond acceptors (Lipinski definition) is 10. The summed E-state index contributed by atoms with van der Waals surface area (Å²) < 4.78 is 14.6. The van der Waals surface area contributed by atoms with Gasteiger partial charge in [-0.1, -0.05) is 89.5 Å². The summed E-state index contributed by atoms with van der Waals surface area (Å²) in [4.78, 5) is 54.9. The predicted octanol–water partition coefficient (Wildman–Crippen LogP) is 3.62. The Morgan fingerprint density at radius 3 is 1.39 bits per heavy atom. The summed E-state index contributed by atoms with van der Waals surface area (Å²) in [6.45, 7) is 4.27. The maximum atomic E-state index is 12.3. The van der Waals surface area contributed by atoms with Gasteiger partial charge in [0.15, 0.2) is 0 Å². The van der Waals surface area contributed by atoms with E-state index in [1.807, 2.05) is 0 Å². The number of hydrogen-bond donors (Lipinski definition) is 4. The van der Waals surface area contributed by atoms with Gasteiger partial charge < -0.3 is 36.7 Å². The van der Waals surface area contributed by atoms with Crippen LogP contribution in [0.5, 0.6) is 11.5 Å². The molecule has 0 aromatic heterocycles. The van der Waals surface area contributed by atoms with Gasteiger partial charge in [-0.3, -0.25) is 14.4 Å². The molecule has 0 bridgehead atoms. The number of carbonyl (C=O) groups excluding carboxylic acids is 2. The van der Waals surface area contributed by atoms with Gasteiger partial charge in [-0.25, -0.2) is 13.8 Å². The molecule has 0 spiro atoms. The van der Waals surface area contributed by atoms with Crippen molar-refractivity contribution < 1.29 is 168 Å². The maximum Gasteiger partial charge on any atom is 1.00 e. The summed E-state index contributed by atoms with van der Waals surface area (Å²) >= 11 is 0. The molecule has 2 saturated carbocycles. The Balaban J connectivity index is -0.000000388. The minimum atomic E-state index is -1.67. The van der Waals surface area contributed by atoms with Crippen molar-refractivity contribution in [3.8, 4) is 11.5 Å². The zero-order chi connectivity index (χ0) is 44.4. The van der Waals surface area contributed by atoms with E-state index in [0.29, 0.717) is 5.75 Å². The third-order valence-corrected chi connectivity index (χ3v) is 9.68. The van der Waals surface area contributed by atoms with Gasteiger partial charge in [0.1, 0.15) is 11.5 Å². The van der Waals surface area contributed by atoms with E-state index in [4.69, 9.17) is 39.4 Å². The molecule has 2 fully saturated rings. The van der Waals surface area contributed by atoms with E-state index in [1.165, 1.54) is 75.7 Å². The molecule has 18 heteroatoms. The number of aliphatic carboxylic acids is 3. The van der Waals surface area contributed by atoms with Crippen molar-refractivity contribution in [3.63, 3.8) is 0 Å². The number of ether oxygens (including phenoxy) is 1. The fourth-order valence-corrected chi connectivity index (χ4v) is 6.52. The molecule has 0 unspecified atom stereocenters. The molecule has 2 aromatic carbocycles. The second kappa shape index (κ2) is 41.7. The number of halogens is 2. The molecular formula is C43H60Cl2K2O13S. The molecule has 2 aliphatic carbocycles. The van der Waals surface area contributed by atoms with Crippen molar-refractivity contribution in [1.82, 2.24) is 0 Å². The molecule has 13 nitrogen and oxygen atoms in total. The van der Waals surface area contributed by atoms with Crippen LogP contribution in [-0.2, 0) is 38.1 Å². The summed E-state index contributed by atoms with van der Waals surface area (Å²) in [7, 11) is 7.36. The van der Waals surface area contributed by atoms with Gasteiger partial charge in [0, 0.05) is 33.5 Å². The molecule has 61 heavy (non-hydrogen) atoms. The first-order chi connectivity index (χ1) is 28.1. The van der Waals surface area contributed by atoms with Crippen LogP contribution in [-0.4, -0.2) is 55.0 Å². The van der Waals surface area contributed by atoms with E-state index < -0.39 is 27.1 Å². The molecule has 0 radical (unpaired) electrons. The van der Waals surface area contributed by atoms with Crippen LogP contribution in [0.3, 0.4) is 0 Å². The van der Waals surface area contributed by atoms with Crippen LogP contribution < -0.4 is 113 Å². The van der Waals surface area contributed by atoms with Gasteiger partial charge >= 0.3 is 127 Å². The molecule has 0 atom stereocenters. The first-order valence-electron chi connectivity index (χ1n) is 19.8. The quantitative estimate of drug-likeness (QED) is 0.0218. The fourth-order valence-electron chi connectivity index (χ4n) is 6.52. The Bertz CT molecular complexity index is 1570. The third kappa shape index (κ3) is 37.0. The van der Waals surface area contributed by atoms with Crippen molar-refractivity contribution in [1.29, 1.82) is 0 Å². The van der Waals surface area contributed by atoms with Gasteiger partial charge in [-0.05, 0) is 111 Å². The maximum absolute atomic E-state index is 12.3. The molecule has 332 valence electrons. The Morgan fingerprint density at radius 2 is 1.07 bits per heavy atom. The SMILES string of the molecule is CCCCCC1CCC(C(=O)O)CC1.CCCCCC1CCC(C(=O)Oc2ccc(/C=C\C(=O)O)cc2)CC1.O=C(O)/C=C\c1ccc(O)cc1.O=CO[O-].O=S(Cl)Cl.[H-].[K+].[K+]. The van der Waals surface area contributed by atoms with Crippen LogP contribution in [0.15, 0.2) is 60.7 Å². The number of carbonyl (C=O) groups is 5. The number of carboxylic acids is 3. The summed E-state index contributed by atoms with van der Waals surface area (Å²) in [6.07, 6.45) is 23.7. The summed E-state index contributed by atoms with van der Waals surface area (Å²) in [5.41, 5.74) is 1.50. The first kappa shape index (κ1) is 64.3. The topological polar surface area (TPSA) is 225 Å². The smallest absolute Gasteiger partial charge is 1.00 e. The van der Waals surface area contributed by atoms with E-state index in [9.17, 15) is 19.2 Å². The molecule has 0 saturated heterocycles. The van der Waals surface area contributed by atoms with E-state index >= 15 is 0 Å². The number of carboxylic acid groups (broad SMARTS) is 3. The van der Waals surface area contributed by atoms with E-state index in [2.05, 4.69) is 40.1 Å². The average Bonchev–Trinajstić information content (AvgIpc) is 3.21. The van der Waals surface area contributed by atoms with Crippen molar-refractivity contribution in [3.05, 3.63) is 71.8 Å². The van der Waals surface area contributed by atoms with Crippen LogP contribution >= 0.6 is 21.4 Å². The summed E-state index contributed by atoms with van der Waals surface area (Å²) in [6, 6.07) is 13.2. The van der Waals surface area contributed by atoms with Crippen LogP contribution in [0.2, 0.25) is 0 Å². The second-order valence-electron chi connectivity index (χ2n) is 14.1. The molecule has 0 amide bonds. The largest absolute Gasteiger partial charge is 1.00 e. The van der Waals surface area contributed by atoms with E-state index in [1.54, 1.807) is 36.4 Å². The molecule has 0 aliphatic heterocycles. The van der Waals surface area contributed by atoms with Crippen molar-refractivity contribution in [2.45, 2.75) is 117 Å².